The van der Waals surface area contributed by atoms with Crippen molar-refractivity contribution in [2.45, 2.75) is 38.3 Å². The van der Waals surface area contributed by atoms with E-state index in [1.807, 2.05) is 30.3 Å². The molecule has 1 saturated carbocycles. The highest BCUT2D eigenvalue weighted by atomic mass is 16.6. The van der Waals surface area contributed by atoms with Crippen LogP contribution in [0.2, 0.25) is 0 Å². The van der Waals surface area contributed by atoms with Gasteiger partial charge in [-0.25, -0.2) is 9.59 Å². The molecular weight excluding hydrogens is 282 g/mol. The number of carbonyl (C=O) groups excluding carboxylic acids is 1. The van der Waals surface area contributed by atoms with Crippen LogP contribution in [0.3, 0.4) is 0 Å². The molecule has 1 saturated heterocycles. The summed E-state index contributed by atoms with van der Waals surface area (Å²) in [6.45, 7) is 0.688. The Hall–Kier alpha value is -2.04. The van der Waals surface area contributed by atoms with E-state index in [-0.39, 0.29) is 12.5 Å². The summed E-state index contributed by atoms with van der Waals surface area (Å²) in [5, 5.41) is 9.51. The van der Waals surface area contributed by atoms with Gasteiger partial charge in [-0.2, -0.15) is 0 Å². The van der Waals surface area contributed by atoms with Crippen molar-refractivity contribution in [3.63, 3.8) is 0 Å². The third kappa shape index (κ3) is 2.93. The van der Waals surface area contributed by atoms with Crippen LogP contribution in [0.4, 0.5) is 4.79 Å². The van der Waals surface area contributed by atoms with Gasteiger partial charge in [0.25, 0.3) is 0 Å². The van der Waals surface area contributed by atoms with Gasteiger partial charge in [0.2, 0.25) is 0 Å². The Morgan fingerprint density at radius 3 is 2.64 bits per heavy atom. The maximum atomic E-state index is 12.3. The number of hydrogen-bond donors (Lipinski definition) is 1. The van der Waals surface area contributed by atoms with E-state index in [1.165, 1.54) is 4.90 Å². The van der Waals surface area contributed by atoms with Crippen molar-refractivity contribution in [1.82, 2.24) is 4.90 Å². The molecule has 5 nitrogen and oxygen atoms in total. The van der Waals surface area contributed by atoms with Crippen LogP contribution >= 0.6 is 0 Å². The molecule has 1 amide bonds. The highest BCUT2D eigenvalue weighted by Crippen LogP contribution is 2.40. The first kappa shape index (κ1) is 14.9. The number of aliphatic carboxylic acids is 1. The van der Waals surface area contributed by atoms with Crippen molar-refractivity contribution in [2.75, 3.05) is 6.54 Å². The number of rotatable bonds is 3. The number of carbonyl (C=O) groups is 2. The van der Waals surface area contributed by atoms with Crippen LogP contribution in [-0.4, -0.2) is 34.7 Å². The minimum Gasteiger partial charge on any atom is -0.480 e. The molecule has 1 aliphatic carbocycles. The number of ether oxygens (including phenoxy) is 1. The van der Waals surface area contributed by atoms with Gasteiger partial charge in [0.05, 0.1) is 0 Å². The minimum atomic E-state index is -0.911. The standard InChI is InChI=1S/C17H21NO4/c19-16(20)15-14-9-5-4-8-13(14)10-18(15)17(21)22-11-12-6-2-1-3-7-12/h1-3,6-7,13-15H,4-5,8-11H2,(H,19,20)/t13-,14-,15?/m1/s1. The zero-order valence-electron chi connectivity index (χ0n) is 12.5. The lowest BCUT2D eigenvalue weighted by Gasteiger charge is -2.27. The Labute approximate surface area is 129 Å². The topological polar surface area (TPSA) is 66.8 Å². The Balaban J connectivity index is 1.66. The normalized spacial score (nSPS) is 27.3. The molecule has 2 fully saturated rings. The van der Waals surface area contributed by atoms with Gasteiger partial charge in [0, 0.05) is 6.54 Å². The van der Waals surface area contributed by atoms with Crippen LogP contribution in [0, 0.1) is 11.8 Å². The summed E-state index contributed by atoms with van der Waals surface area (Å²) in [6, 6.07) is 8.70. The molecule has 1 N–H and O–H groups in total. The van der Waals surface area contributed by atoms with Gasteiger partial charge in [0.15, 0.2) is 0 Å². The first-order chi connectivity index (χ1) is 10.7. The summed E-state index contributed by atoms with van der Waals surface area (Å²) in [7, 11) is 0. The van der Waals surface area contributed by atoms with Crippen LogP contribution in [0.1, 0.15) is 31.2 Å². The van der Waals surface area contributed by atoms with Gasteiger partial charge in [-0.05, 0) is 30.2 Å². The first-order valence-corrected chi connectivity index (χ1v) is 7.87. The van der Waals surface area contributed by atoms with E-state index in [4.69, 9.17) is 4.74 Å². The molecule has 1 aromatic carbocycles. The maximum Gasteiger partial charge on any atom is 0.410 e. The second-order valence-corrected chi connectivity index (χ2v) is 6.18. The second kappa shape index (κ2) is 6.38. The predicted octanol–water partition coefficient (Wildman–Crippen LogP) is 2.90. The molecule has 5 heteroatoms. The highest BCUT2D eigenvalue weighted by Gasteiger charge is 2.48. The molecule has 0 aromatic heterocycles. The van der Waals surface area contributed by atoms with Gasteiger partial charge < -0.3 is 9.84 Å². The average molecular weight is 303 g/mol. The van der Waals surface area contributed by atoms with E-state index < -0.39 is 18.1 Å². The Bertz CT molecular complexity index is 545. The fraction of sp³-hybridized carbons (Fsp3) is 0.529. The van der Waals surface area contributed by atoms with Gasteiger partial charge in [-0.3, -0.25) is 4.90 Å². The molecule has 0 spiro atoms. The summed E-state index contributed by atoms with van der Waals surface area (Å²) in [4.78, 5) is 25.3. The lowest BCUT2D eigenvalue weighted by atomic mass is 9.78. The summed E-state index contributed by atoms with van der Waals surface area (Å²) in [6.07, 6.45) is 3.57. The van der Waals surface area contributed by atoms with Crippen molar-refractivity contribution < 1.29 is 19.4 Å². The average Bonchev–Trinajstić information content (AvgIpc) is 2.93. The molecule has 1 aliphatic heterocycles. The van der Waals surface area contributed by atoms with Crippen molar-refractivity contribution in [1.29, 1.82) is 0 Å². The molecular formula is C17H21NO4. The minimum absolute atomic E-state index is 0.0792. The highest BCUT2D eigenvalue weighted by molar-refractivity contribution is 5.81. The number of carboxylic acid groups (broad SMARTS) is 1. The summed E-state index contributed by atoms with van der Waals surface area (Å²) >= 11 is 0. The number of benzene rings is 1. The summed E-state index contributed by atoms with van der Waals surface area (Å²) in [5.74, 6) is -0.527. The van der Waals surface area contributed by atoms with E-state index in [1.54, 1.807) is 0 Å². The smallest absolute Gasteiger partial charge is 0.410 e. The van der Waals surface area contributed by atoms with Gasteiger partial charge in [0.1, 0.15) is 12.6 Å². The van der Waals surface area contributed by atoms with Crippen molar-refractivity contribution in [3.05, 3.63) is 35.9 Å². The van der Waals surface area contributed by atoms with Crippen LogP contribution in [0.25, 0.3) is 0 Å². The van der Waals surface area contributed by atoms with Gasteiger partial charge in [-0.1, -0.05) is 43.2 Å². The van der Waals surface area contributed by atoms with Crippen LogP contribution in [0.5, 0.6) is 0 Å². The number of carboxylic acids is 1. The van der Waals surface area contributed by atoms with Gasteiger partial charge >= 0.3 is 12.1 Å². The van der Waals surface area contributed by atoms with Crippen molar-refractivity contribution >= 4 is 12.1 Å². The second-order valence-electron chi connectivity index (χ2n) is 6.18. The zero-order valence-corrected chi connectivity index (χ0v) is 12.5. The lowest BCUT2D eigenvalue weighted by Crippen LogP contribution is -2.43. The van der Waals surface area contributed by atoms with Crippen LogP contribution < -0.4 is 0 Å². The van der Waals surface area contributed by atoms with E-state index in [0.717, 1.165) is 31.2 Å². The lowest BCUT2D eigenvalue weighted by molar-refractivity contribution is -0.143. The molecule has 0 radical (unpaired) electrons. The van der Waals surface area contributed by atoms with E-state index in [0.29, 0.717) is 12.5 Å². The van der Waals surface area contributed by atoms with Crippen molar-refractivity contribution in [2.24, 2.45) is 11.8 Å². The van der Waals surface area contributed by atoms with E-state index >= 15 is 0 Å². The molecule has 0 bridgehead atoms. The zero-order chi connectivity index (χ0) is 15.5. The monoisotopic (exact) mass is 303 g/mol. The molecule has 1 unspecified atom stereocenters. The number of amides is 1. The maximum absolute atomic E-state index is 12.3. The Kier molecular flexibility index (Phi) is 4.32. The first-order valence-electron chi connectivity index (χ1n) is 7.87. The van der Waals surface area contributed by atoms with Crippen LogP contribution in [0.15, 0.2) is 30.3 Å². The third-order valence-electron chi connectivity index (χ3n) is 4.83. The predicted molar refractivity (Wildman–Crippen MR) is 80.2 cm³/mol. The van der Waals surface area contributed by atoms with Crippen LogP contribution in [-0.2, 0) is 16.1 Å². The molecule has 3 atom stereocenters. The quantitative estimate of drug-likeness (QED) is 0.932. The number of nitrogens with zero attached hydrogens (tertiary/aromatic N) is 1. The van der Waals surface area contributed by atoms with Gasteiger partial charge in [-0.15, -0.1) is 0 Å². The number of fused-ring (bicyclic) bond motifs is 1. The number of likely N-dealkylation sites (tertiary alicyclic amines) is 1. The molecule has 118 valence electrons. The van der Waals surface area contributed by atoms with E-state index in [9.17, 15) is 14.7 Å². The largest absolute Gasteiger partial charge is 0.480 e. The molecule has 2 aliphatic rings. The molecule has 1 heterocycles. The summed E-state index contributed by atoms with van der Waals surface area (Å²) in [5.41, 5.74) is 0.902. The van der Waals surface area contributed by atoms with Crippen molar-refractivity contribution in [3.8, 4) is 0 Å². The Morgan fingerprint density at radius 1 is 1.18 bits per heavy atom. The fourth-order valence-electron chi connectivity index (χ4n) is 3.78. The number of hydrogen-bond acceptors (Lipinski definition) is 3. The summed E-state index contributed by atoms with van der Waals surface area (Å²) < 4.78 is 5.32. The van der Waals surface area contributed by atoms with E-state index in [2.05, 4.69) is 0 Å². The molecule has 3 rings (SSSR count). The SMILES string of the molecule is O=C(O)C1[C@@H]2CCCC[C@@H]2CN1C(=O)OCc1ccccc1. The Morgan fingerprint density at radius 2 is 1.91 bits per heavy atom. The molecule has 22 heavy (non-hydrogen) atoms. The molecule has 1 aromatic rings. The third-order valence-corrected chi connectivity index (χ3v) is 4.83. The fourth-order valence-corrected chi connectivity index (χ4v) is 3.78.